The Morgan fingerprint density at radius 2 is 2.04 bits per heavy atom. The second-order valence-corrected chi connectivity index (χ2v) is 6.34. The standard InChI is InChI=1S/C14H19F3N4O2/c1-13(2,3)23-12(22)20-9-4-5-21(7-9)11-6-10(14(15,16)17)18-8-19-11/h6,8-9H,4-5,7H2,1-3H3,(H,20,22). The quantitative estimate of drug-likeness (QED) is 0.902. The van der Waals surface area contributed by atoms with Crippen LogP contribution in [-0.4, -0.2) is 40.8 Å². The predicted octanol–water partition coefficient (Wildman–Crippen LogP) is 2.60. The molecule has 0 saturated carbocycles. The van der Waals surface area contributed by atoms with Crippen molar-refractivity contribution in [1.29, 1.82) is 0 Å². The molecule has 1 aromatic rings. The molecule has 1 N–H and O–H groups in total. The SMILES string of the molecule is CC(C)(C)OC(=O)NC1CCN(c2cc(C(F)(F)F)ncn2)C1. The molecule has 6 nitrogen and oxygen atoms in total. The minimum Gasteiger partial charge on any atom is -0.444 e. The Morgan fingerprint density at radius 1 is 1.35 bits per heavy atom. The maximum Gasteiger partial charge on any atom is 0.433 e. The highest BCUT2D eigenvalue weighted by molar-refractivity contribution is 5.68. The maximum absolute atomic E-state index is 12.7. The Labute approximate surface area is 132 Å². The Balaban J connectivity index is 1.97. The van der Waals surface area contributed by atoms with E-state index >= 15 is 0 Å². The van der Waals surface area contributed by atoms with E-state index in [1.807, 2.05) is 0 Å². The molecule has 1 amide bonds. The van der Waals surface area contributed by atoms with Crippen LogP contribution in [-0.2, 0) is 10.9 Å². The second kappa shape index (κ2) is 6.21. The normalized spacial score (nSPS) is 18.9. The van der Waals surface area contributed by atoms with Gasteiger partial charge in [-0.3, -0.25) is 0 Å². The van der Waals surface area contributed by atoms with E-state index in [1.54, 1.807) is 25.7 Å². The highest BCUT2D eigenvalue weighted by atomic mass is 19.4. The van der Waals surface area contributed by atoms with Crippen LogP contribution in [0.2, 0.25) is 0 Å². The molecule has 1 fully saturated rings. The van der Waals surface area contributed by atoms with Gasteiger partial charge in [-0.05, 0) is 27.2 Å². The number of carbonyl (C=O) groups excluding carboxylic acids is 1. The monoisotopic (exact) mass is 332 g/mol. The summed E-state index contributed by atoms with van der Waals surface area (Å²) in [6.45, 7) is 6.13. The number of rotatable bonds is 2. The van der Waals surface area contributed by atoms with Crippen molar-refractivity contribution < 1.29 is 22.7 Å². The number of amides is 1. The van der Waals surface area contributed by atoms with Gasteiger partial charge in [-0.25, -0.2) is 14.8 Å². The molecule has 0 aliphatic carbocycles. The molecule has 0 bridgehead atoms. The number of carbonyl (C=O) groups is 1. The van der Waals surface area contributed by atoms with Gasteiger partial charge in [-0.1, -0.05) is 0 Å². The zero-order chi connectivity index (χ0) is 17.3. The first kappa shape index (κ1) is 17.3. The lowest BCUT2D eigenvalue weighted by atomic mass is 10.2. The van der Waals surface area contributed by atoms with Gasteiger partial charge in [-0.15, -0.1) is 0 Å². The van der Waals surface area contributed by atoms with Gasteiger partial charge in [-0.2, -0.15) is 13.2 Å². The smallest absolute Gasteiger partial charge is 0.433 e. The molecule has 0 spiro atoms. The first-order chi connectivity index (χ1) is 10.5. The molecule has 0 radical (unpaired) electrons. The number of anilines is 1. The Bertz CT molecular complexity index is 572. The van der Waals surface area contributed by atoms with Gasteiger partial charge in [0.25, 0.3) is 0 Å². The molecule has 1 aliphatic rings. The third kappa shape index (κ3) is 4.97. The number of aromatic nitrogens is 2. The number of nitrogens with one attached hydrogen (secondary N) is 1. The lowest BCUT2D eigenvalue weighted by molar-refractivity contribution is -0.141. The van der Waals surface area contributed by atoms with Crippen molar-refractivity contribution in [1.82, 2.24) is 15.3 Å². The molecular formula is C14H19F3N4O2. The van der Waals surface area contributed by atoms with Gasteiger partial charge in [0.2, 0.25) is 0 Å². The first-order valence-corrected chi connectivity index (χ1v) is 7.18. The van der Waals surface area contributed by atoms with Gasteiger partial charge < -0.3 is 15.0 Å². The maximum atomic E-state index is 12.7. The Morgan fingerprint density at radius 3 is 2.65 bits per heavy atom. The average molecular weight is 332 g/mol. The largest absolute Gasteiger partial charge is 0.444 e. The van der Waals surface area contributed by atoms with Crippen LogP contribution in [0.25, 0.3) is 0 Å². The van der Waals surface area contributed by atoms with E-state index in [-0.39, 0.29) is 11.9 Å². The highest BCUT2D eigenvalue weighted by Gasteiger charge is 2.34. The fraction of sp³-hybridized carbons (Fsp3) is 0.643. The molecule has 0 aromatic carbocycles. The Hall–Kier alpha value is -2.06. The van der Waals surface area contributed by atoms with Crippen LogP contribution < -0.4 is 10.2 Å². The number of halogens is 3. The average Bonchev–Trinajstić information content (AvgIpc) is 2.84. The van der Waals surface area contributed by atoms with Crippen LogP contribution in [0, 0.1) is 0 Å². The zero-order valence-electron chi connectivity index (χ0n) is 13.1. The van der Waals surface area contributed by atoms with Crippen molar-refractivity contribution in [3.05, 3.63) is 18.1 Å². The number of ether oxygens (including phenoxy) is 1. The van der Waals surface area contributed by atoms with Crippen LogP contribution >= 0.6 is 0 Å². The van der Waals surface area contributed by atoms with Crippen molar-refractivity contribution in [2.75, 3.05) is 18.0 Å². The first-order valence-electron chi connectivity index (χ1n) is 7.18. The number of alkyl halides is 3. The molecule has 1 atom stereocenters. The molecule has 23 heavy (non-hydrogen) atoms. The van der Waals surface area contributed by atoms with E-state index in [4.69, 9.17) is 4.74 Å². The number of alkyl carbamates (subject to hydrolysis) is 1. The Kier molecular flexibility index (Phi) is 4.67. The van der Waals surface area contributed by atoms with E-state index < -0.39 is 23.6 Å². The summed E-state index contributed by atoms with van der Waals surface area (Å²) in [6.07, 6.45) is -3.55. The molecule has 2 heterocycles. The van der Waals surface area contributed by atoms with Gasteiger partial charge in [0.1, 0.15) is 23.4 Å². The third-order valence-electron chi connectivity index (χ3n) is 3.18. The molecule has 1 aliphatic heterocycles. The lowest BCUT2D eigenvalue weighted by Crippen LogP contribution is -2.40. The summed E-state index contributed by atoms with van der Waals surface area (Å²) in [6, 6.07) is 0.713. The predicted molar refractivity (Wildman–Crippen MR) is 77.0 cm³/mol. The van der Waals surface area contributed by atoms with E-state index in [0.717, 1.165) is 12.4 Å². The van der Waals surface area contributed by atoms with E-state index in [2.05, 4.69) is 15.3 Å². The number of hydrogen-bond acceptors (Lipinski definition) is 5. The highest BCUT2D eigenvalue weighted by Crippen LogP contribution is 2.29. The van der Waals surface area contributed by atoms with Crippen LogP contribution in [0.3, 0.4) is 0 Å². The van der Waals surface area contributed by atoms with Gasteiger partial charge >= 0.3 is 12.3 Å². The van der Waals surface area contributed by atoms with Crippen molar-refractivity contribution in [3.63, 3.8) is 0 Å². The van der Waals surface area contributed by atoms with E-state index in [0.29, 0.717) is 19.5 Å². The zero-order valence-corrected chi connectivity index (χ0v) is 13.1. The van der Waals surface area contributed by atoms with Crippen molar-refractivity contribution >= 4 is 11.9 Å². The second-order valence-electron chi connectivity index (χ2n) is 6.34. The molecule has 1 unspecified atom stereocenters. The molecule has 2 rings (SSSR count). The van der Waals surface area contributed by atoms with E-state index in [1.165, 1.54) is 0 Å². The molecule has 128 valence electrons. The van der Waals surface area contributed by atoms with Crippen LogP contribution in [0.15, 0.2) is 12.4 Å². The van der Waals surface area contributed by atoms with E-state index in [9.17, 15) is 18.0 Å². The van der Waals surface area contributed by atoms with Gasteiger partial charge in [0.05, 0.1) is 6.04 Å². The van der Waals surface area contributed by atoms with Crippen molar-refractivity contribution in [2.45, 2.75) is 45.0 Å². The molecule has 9 heteroatoms. The number of nitrogens with zero attached hydrogens (tertiary/aromatic N) is 3. The summed E-state index contributed by atoms with van der Waals surface area (Å²) in [4.78, 5) is 20.5. The number of hydrogen-bond donors (Lipinski definition) is 1. The lowest BCUT2D eigenvalue weighted by Gasteiger charge is -2.22. The summed E-state index contributed by atoms with van der Waals surface area (Å²) >= 11 is 0. The van der Waals surface area contributed by atoms with Crippen molar-refractivity contribution in [2.24, 2.45) is 0 Å². The molecule has 1 saturated heterocycles. The third-order valence-corrected chi connectivity index (χ3v) is 3.18. The van der Waals surface area contributed by atoms with Crippen LogP contribution in [0.5, 0.6) is 0 Å². The van der Waals surface area contributed by atoms with Crippen molar-refractivity contribution in [3.8, 4) is 0 Å². The fourth-order valence-corrected chi connectivity index (χ4v) is 2.24. The summed E-state index contributed by atoms with van der Waals surface area (Å²) in [7, 11) is 0. The topological polar surface area (TPSA) is 67.3 Å². The summed E-state index contributed by atoms with van der Waals surface area (Å²) in [5.41, 5.74) is -1.58. The van der Waals surface area contributed by atoms with Gasteiger partial charge in [0.15, 0.2) is 0 Å². The van der Waals surface area contributed by atoms with Gasteiger partial charge in [0, 0.05) is 19.2 Å². The summed E-state index contributed by atoms with van der Waals surface area (Å²) in [5.74, 6) is 0.195. The molecular weight excluding hydrogens is 313 g/mol. The summed E-state index contributed by atoms with van der Waals surface area (Å²) in [5, 5.41) is 2.71. The minimum absolute atomic E-state index is 0.195. The fourth-order valence-electron chi connectivity index (χ4n) is 2.24. The van der Waals surface area contributed by atoms with Crippen LogP contribution in [0.1, 0.15) is 32.9 Å². The van der Waals surface area contributed by atoms with Crippen LogP contribution in [0.4, 0.5) is 23.8 Å². The summed E-state index contributed by atoms with van der Waals surface area (Å²) < 4.78 is 43.2. The minimum atomic E-state index is -4.51. The molecule has 1 aromatic heterocycles.